The summed E-state index contributed by atoms with van der Waals surface area (Å²) >= 11 is 0. The monoisotopic (exact) mass is 280 g/mol. The third-order valence-electron chi connectivity index (χ3n) is 2.60. The summed E-state index contributed by atoms with van der Waals surface area (Å²) in [4.78, 5) is 21.7. The zero-order valence-corrected chi connectivity index (χ0v) is 11.6. The Kier molecular flexibility index (Phi) is 6.36. The van der Waals surface area contributed by atoms with E-state index in [4.69, 9.17) is 9.47 Å². The largest absolute Gasteiger partial charge is 0.550 e. The highest BCUT2D eigenvalue weighted by atomic mass is 16.5. The standard InChI is InChI=1S/C14H19NO5/c1-3-20-14-10(5-4-6-11(14)19-2)9-15-12(16)7-8-13(17)18/h4-6H,3,7-9H2,1-2H3,(H,15,16)(H,17,18)/p-1. The van der Waals surface area contributed by atoms with Gasteiger partial charge in [-0.1, -0.05) is 12.1 Å². The first-order chi connectivity index (χ1) is 9.58. The molecule has 1 N–H and O–H groups in total. The van der Waals surface area contributed by atoms with E-state index in [1.165, 1.54) is 0 Å². The molecule has 0 fully saturated rings. The lowest BCUT2D eigenvalue weighted by Crippen LogP contribution is -2.27. The summed E-state index contributed by atoms with van der Waals surface area (Å²) < 4.78 is 10.7. The van der Waals surface area contributed by atoms with Crippen LogP contribution in [0.5, 0.6) is 11.5 Å². The van der Waals surface area contributed by atoms with Crippen molar-refractivity contribution in [1.82, 2.24) is 5.32 Å². The molecule has 0 radical (unpaired) electrons. The number of hydrogen-bond acceptors (Lipinski definition) is 5. The molecule has 1 rings (SSSR count). The van der Waals surface area contributed by atoms with Gasteiger partial charge in [0, 0.05) is 24.5 Å². The maximum absolute atomic E-state index is 11.5. The highest BCUT2D eigenvalue weighted by Crippen LogP contribution is 2.30. The third kappa shape index (κ3) is 4.79. The molecule has 110 valence electrons. The Balaban J connectivity index is 2.67. The second kappa shape index (κ2) is 8.04. The summed E-state index contributed by atoms with van der Waals surface area (Å²) in [5.74, 6) is -0.415. The van der Waals surface area contributed by atoms with Crippen LogP contribution in [0.25, 0.3) is 0 Å². The van der Waals surface area contributed by atoms with Crippen LogP contribution >= 0.6 is 0 Å². The number of methoxy groups -OCH3 is 1. The maximum Gasteiger partial charge on any atom is 0.220 e. The Morgan fingerprint density at radius 3 is 2.65 bits per heavy atom. The van der Waals surface area contributed by atoms with E-state index in [9.17, 15) is 14.7 Å². The molecule has 0 aliphatic carbocycles. The molecule has 20 heavy (non-hydrogen) atoms. The molecule has 0 bridgehead atoms. The van der Waals surface area contributed by atoms with Gasteiger partial charge in [-0.2, -0.15) is 0 Å². The van der Waals surface area contributed by atoms with E-state index < -0.39 is 5.97 Å². The normalized spacial score (nSPS) is 9.90. The summed E-state index contributed by atoms with van der Waals surface area (Å²) in [6, 6.07) is 5.38. The fourth-order valence-electron chi connectivity index (χ4n) is 1.67. The Morgan fingerprint density at radius 1 is 1.30 bits per heavy atom. The Morgan fingerprint density at radius 2 is 2.05 bits per heavy atom. The van der Waals surface area contributed by atoms with Crippen LogP contribution in [0.1, 0.15) is 25.3 Å². The number of carbonyl (C=O) groups excluding carboxylic acids is 2. The number of para-hydroxylation sites is 1. The number of rotatable bonds is 8. The molecule has 1 amide bonds. The van der Waals surface area contributed by atoms with Crippen LogP contribution in [0, 0.1) is 0 Å². The van der Waals surface area contributed by atoms with E-state index in [2.05, 4.69) is 5.32 Å². The van der Waals surface area contributed by atoms with Crippen molar-refractivity contribution in [2.75, 3.05) is 13.7 Å². The van der Waals surface area contributed by atoms with E-state index in [1.54, 1.807) is 19.2 Å². The zero-order valence-electron chi connectivity index (χ0n) is 11.6. The summed E-state index contributed by atoms with van der Waals surface area (Å²) in [5, 5.41) is 12.9. The Hall–Kier alpha value is -2.24. The van der Waals surface area contributed by atoms with Gasteiger partial charge in [-0.15, -0.1) is 0 Å². The first-order valence-corrected chi connectivity index (χ1v) is 6.33. The molecule has 1 aromatic rings. The second-order valence-corrected chi connectivity index (χ2v) is 4.03. The Bertz CT molecular complexity index is 473. The lowest BCUT2D eigenvalue weighted by atomic mass is 10.1. The molecule has 0 saturated carbocycles. The second-order valence-electron chi connectivity index (χ2n) is 4.03. The minimum Gasteiger partial charge on any atom is -0.550 e. The summed E-state index contributed by atoms with van der Waals surface area (Å²) in [6.45, 7) is 2.58. The van der Waals surface area contributed by atoms with Crippen molar-refractivity contribution in [1.29, 1.82) is 0 Å². The van der Waals surface area contributed by atoms with Gasteiger partial charge in [0.15, 0.2) is 11.5 Å². The number of hydrogen-bond donors (Lipinski definition) is 1. The lowest BCUT2D eigenvalue weighted by molar-refractivity contribution is -0.305. The van der Waals surface area contributed by atoms with E-state index in [-0.39, 0.29) is 25.3 Å². The summed E-state index contributed by atoms with van der Waals surface area (Å²) in [5.41, 5.74) is 0.771. The fraction of sp³-hybridized carbons (Fsp3) is 0.429. The van der Waals surface area contributed by atoms with Crippen molar-refractivity contribution >= 4 is 11.9 Å². The fourth-order valence-corrected chi connectivity index (χ4v) is 1.67. The van der Waals surface area contributed by atoms with E-state index in [1.807, 2.05) is 13.0 Å². The Labute approximate surface area is 117 Å². The average molecular weight is 280 g/mol. The molecule has 6 nitrogen and oxygen atoms in total. The molecule has 0 unspecified atom stereocenters. The van der Waals surface area contributed by atoms with Crippen LogP contribution in [-0.2, 0) is 16.1 Å². The summed E-state index contributed by atoms with van der Waals surface area (Å²) in [6.07, 6.45) is -0.390. The highest BCUT2D eigenvalue weighted by molar-refractivity contribution is 5.80. The molecule has 0 saturated heterocycles. The van der Waals surface area contributed by atoms with Crippen LogP contribution < -0.4 is 19.9 Å². The molecule has 0 atom stereocenters. The quantitative estimate of drug-likeness (QED) is 0.737. The number of benzene rings is 1. The molecule has 0 aromatic heterocycles. The van der Waals surface area contributed by atoms with Gasteiger partial charge in [-0.05, 0) is 19.4 Å². The predicted molar refractivity (Wildman–Crippen MR) is 70.3 cm³/mol. The number of ether oxygens (including phenoxy) is 2. The van der Waals surface area contributed by atoms with Crippen molar-refractivity contribution in [2.45, 2.75) is 26.3 Å². The van der Waals surface area contributed by atoms with Gasteiger partial charge in [0.25, 0.3) is 0 Å². The van der Waals surface area contributed by atoms with Gasteiger partial charge in [0.2, 0.25) is 5.91 Å². The predicted octanol–water partition coefficient (Wildman–Crippen LogP) is 0.240. The van der Waals surface area contributed by atoms with Crippen molar-refractivity contribution in [3.8, 4) is 11.5 Å². The molecule has 0 aliphatic rings. The number of aliphatic carboxylic acids is 1. The van der Waals surface area contributed by atoms with Crippen LogP contribution in [0.4, 0.5) is 0 Å². The first-order valence-electron chi connectivity index (χ1n) is 6.33. The van der Waals surface area contributed by atoms with Crippen molar-refractivity contribution in [2.24, 2.45) is 0 Å². The smallest absolute Gasteiger partial charge is 0.220 e. The number of carboxylic acids is 1. The molecule has 0 aliphatic heterocycles. The average Bonchev–Trinajstić information content (AvgIpc) is 2.44. The van der Waals surface area contributed by atoms with Crippen LogP contribution in [0.15, 0.2) is 18.2 Å². The maximum atomic E-state index is 11.5. The van der Waals surface area contributed by atoms with Gasteiger partial charge in [-0.25, -0.2) is 0 Å². The van der Waals surface area contributed by atoms with Gasteiger partial charge in [-0.3, -0.25) is 4.79 Å². The van der Waals surface area contributed by atoms with Crippen molar-refractivity contribution < 1.29 is 24.2 Å². The lowest BCUT2D eigenvalue weighted by Gasteiger charge is -2.14. The van der Waals surface area contributed by atoms with Gasteiger partial charge in [0.05, 0.1) is 13.7 Å². The van der Waals surface area contributed by atoms with Gasteiger partial charge >= 0.3 is 0 Å². The number of amides is 1. The number of carboxylic acid groups (broad SMARTS) is 1. The van der Waals surface area contributed by atoms with E-state index >= 15 is 0 Å². The third-order valence-corrected chi connectivity index (χ3v) is 2.60. The minimum atomic E-state index is -1.24. The summed E-state index contributed by atoms with van der Waals surface area (Å²) in [7, 11) is 1.54. The molecular formula is C14H18NO5-. The van der Waals surface area contributed by atoms with Crippen molar-refractivity contribution in [3.63, 3.8) is 0 Å². The zero-order chi connectivity index (χ0) is 15.0. The molecule has 0 spiro atoms. The van der Waals surface area contributed by atoms with Crippen LogP contribution in [0.3, 0.4) is 0 Å². The minimum absolute atomic E-state index is 0.101. The van der Waals surface area contributed by atoms with Crippen LogP contribution in [-0.4, -0.2) is 25.6 Å². The molecule has 0 heterocycles. The van der Waals surface area contributed by atoms with Gasteiger partial charge < -0.3 is 24.7 Å². The van der Waals surface area contributed by atoms with Crippen molar-refractivity contribution in [3.05, 3.63) is 23.8 Å². The van der Waals surface area contributed by atoms with Gasteiger partial charge in [0.1, 0.15) is 0 Å². The molecule has 6 heteroatoms. The number of nitrogens with one attached hydrogen (secondary N) is 1. The topological polar surface area (TPSA) is 87.7 Å². The van der Waals surface area contributed by atoms with Crippen LogP contribution in [0.2, 0.25) is 0 Å². The molecular weight excluding hydrogens is 262 g/mol. The first kappa shape index (κ1) is 15.8. The van der Waals surface area contributed by atoms with E-state index in [0.717, 1.165) is 5.56 Å². The SMILES string of the molecule is CCOc1c(CNC(=O)CCC(=O)[O-])cccc1OC. The molecule has 1 aromatic carbocycles. The number of carbonyl (C=O) groups is 2. The highest BCUT2D eigenvalue weighted by Gasteiger charge is 2.11. The van der Waals surface area contributed by atoms with E-state index in [0.29, 0.717) is 18.1 Å².